The van der Waals surface area contributed by atoms with Crippen molar-refractivity contribution in [1.82, 2.24) is 10.2 Å². The van der Waals surface area contributed by atoms with Crippen molar-refractivity contribution in [3.63, 3.8) is 0 Å². The Balaban J connectivity index is 4.10. The van der Waals surface area contributed by atoms with E-state index in [2.05, 4.69) is 17.8 Å². The molecule has 0 atom stereocenters. The van der Waals surface area contributed by atoms with Gasteiger partial charge in [-0.3, -0.25) is 0 Å². The number of amides is 1. The first-order valence-electron chi connectivity index (χ1n) is 7.74. The lowest BCUT2D eigenvalue weighted by Crippen LogP contribution is -2.38. The smallest absolute Gasteiger partial charge is 0.410 e. The summed E-state index contributed by atoms with van der Waals surface area (Å²) in [6, 6.07) is 0. The normalized spacial score (nSPS) is 10.6. The lowest BCUT2D eigenvalue weighted by molar-refractivity contribution is 0.0227. The molecule has 0 bridgehead atoms. The Bertz CT molecular complexity index is 356. The molecule has 0 aliphatic heterocycles. The molecular weight excluding hydrogens is 280 g/mol. The van der Waals surface area contributed by atoms with Crippen LogP contribution >= 0.6 is 0 Å². The summed E-state index contributed by atoms with van der Waals surface area (Å²) in [6.07, 6.45) is 8.80. The zero-order chi connectivity index (χ0) is 16.8. The summed E-state index contributed by atoms with van der Waals surface area (Å²) in [5, 5.41) is 2.96. The standard InChI is InChI=1S/C17H30N2O3/c1-6-8-9-12-19(16(20)22-17(3,4)5)13-10-14-21-15-11-18-7-2/h1,7,18H,2,8-15H2,3-5H3. The van der Waals surface area contributed by atoms with Crippen LogP contribution in [0, 0.1) is 12.3 Å². The van der Waals surface area contributed by atoms with Gasteiger partial charge >= 0.3 is 6.09 Å². The van der Waals surface area contributed by atoms with Gasteiger partial charge < -0.3 is 19.7 Å². The third-order valence-corrected chi connectivity index (χ3v) is 2.65. The van der Waals surface area contributed by atoms with Crippen molar-refractivity contribution in [3.8, 4) is 12.3 Å². The number of rotatable bonds is 11. The van der Waals surface area contributed by atoms with Crippen molar-refractivity contribution >= 4 is 6.09 Å². The maximum Gasteiger partial charge on any atom is 0.410 e. The summed E-state index contributed by atoms with van der Waals surface area (Å²) < 4.78 is 10.9. The summed E-state index contributed by atoms with van der Waals surface area (Å²) >= 11 is 0. The molecule has 1 amide bonds. The van der Waals surface area contributed by atoms with Crippen LogP contribution in [-0.4, -0.2) is 49.4 Å². The predicted molar refractivity (Wildman–Crippen MR) is 89.5 cm³/mol. The van der Waals surface area contributed by atoms with Crippen LogP contribution < -0.4 is 5.32 Å². The number of unbranched alkanes of at least 4 members (excludes halogenated alkanes) is 1. The highest BCUT2D eigenvalue weighted by atomic mass is 16.6. The van der Waals surface area contributed by atoms with Crippen LogP contribution in [0.1, 0.15) is 40.0 Å². The maximum absolute atomic E-state index is 12.1. The van der Waals surface area contributed by atoms with Gasteiger partial charge in [0.1, 0.15) is 5.60 Å². The van der Waals surface area contributed by atoms with Crippen LogP contribution in [-0.2, 0) is 9.47 Å². The lowest BCUT2D eigenvalue weighted by Gasteiger charge is -2.27. The van der Waals surface area contributed by atoms with Crippen molar-refractivity contribution < 1.29 is 14.3 Å². The molecular formula is C17H30N2O3. The number of ether oxygens (including phenoxy) is 2. The summed E-state index contributed by atoms with van der Waals surface area (Å²) in [5.41, 5.74) is -0.492. The monoisotopic (exact) mass is 310 g/mol. The van der Waals surface area contributed by atoms with Crippen molar-refractivity contribution in [2.45, 2.75) is 45.6 Å². The van der Waals surface area contributed by atoms with E-state index in [9.17, 15) is 4.79 Å². The van der Waals surface area contributed by atoms with E-state index in [1.807, 2.05) is 20.8 Å². The lowest BCUT2D eigenvalue weighted by atomic mass is 10.2. The Morgan fingerprint density at radius 3 is 2.59 bits per heavy atom. The molecule has 0 rings (SSSR count). The summed E-state index contributed by atoms with van der Waals surface area (Å²) in [4.78, 5) is 13.9. The number of nitrogens with one attached hydrogen (secondary N) is 1. The fraction of sp³-hybridized carbons (Fsp3) is 0.706. The van der Waals surface area contributed by atoms with E-state index in [-0.39, 0.29) is 6.09 Å². The molecule has 5 heteroatoms. The molecule has 0 saturated carbocycles. The second-order valence-corrected chi connectivity index (χ2v) is 5.90. The van der Waals surface area contributed by atoms with E-state index in [0.717, 1.165) is 19.4 Å². The third kappa shape index (κ3) is 12.1. The van der Waals surface area contributed by atoms with Gasteiger partial charge in [0.05, 0.1) is 6.61 Å². The quantitative estimate of drug-likeness (QED) is 0.471. The summed E-state index contributed by atoms with van der Waals surface area (Å²) in [5.74, 6) is 2.59. The van der Waals surface area contributed by atoms with Gasteiger partial charge in [-0.2, -0.15) is 0 Å². The van der Waals surface area contributed by atoms with E-state index in [1.165, 1.54) is 0 Å². The van der Waals surface area contributed by atoms with Crippen LogP contribution in [0.25, 0.3) is 0 Å². The number of hydrogen-bond donors (Lipinski definition) is 1. The maximum atomic E-state index is 12.1. The molecule has 1 N–H and O–H groups in total. The van der Waals surface area contributed by atoms with Crippen LogP contribution in [0.15, 0.2) is 12.8 Å². The van der Waals surface area contributed by atoms with Gasteiger partial charge in [0.15, 0.2) is 0 Å². The fourth-order valence-electron chi connectivity index (χ4n) is 1.69. The van der Waals surface area contributed by atoms with Gasteiger partial charge in [-0.25, -0.2) is 4.79 Å². The Morgan fingerprint density at radius 2 is 2.00 bits per heavy atom. The molecule has 0 unspecified atom stereocenters. The zero-order valence-corrected chi connectivity index (χ0v) is 14.2. The van der Waals surface area contributed by atoms with E-state index in [0.29, 0.717) is 32.7 Å². The second-order valence-electron chi connectivity index (χ2n) is 5.90. The SMILES string of the molecule is C#CCCCN(CCCOCCNC=C)C(=O)OC(C)(C)C. The molecule has 0 spiro atoms. The molecule has 0 saturated heterocycles. The van der Waals surface area contributed by atoms with E-state index < -0.39 is 5.60 Å². The first-order valence-corrected chi connectivity index (χ1v) is 7.74. The highest BCUT2D eigenvalue weighted by molar-refractivity contribution is 5.68. The summed E-state index contributed by atoms with van der Waals surface area (Å²) in [7, 11) is 0. The number of carbonyl (C=O) groups is 1. The molecule has 22 heavy (non-hydrogen) atoms. The predicted octanol–water partition coefficient (Wildman–Crippen LogP) is 2.78. The molecule has 0 aromatic heterocycles. The number of hydrogen-bond acceptors (Lipinski definition) is 4. The number of carbonyl (C=O) groups excluding carboxylic acids is 1. The van der Waals surface area contributed by atoms with Crippen molar-refractivity contribution in [2.75, 3.05) is 32.8 Å². The number of terminal acetylenes is 1. The average molecular weight is 310 g/mol. The number of nitrogens with zero attached hydrogens (tertiary/aromatic N) is 1. The van der Waals surface area contributed by atoms with Crippen molar-refractivity contribution in [3.05, 3.63) is 12.8 Å². The van der Waals surface area contributed by atoms with Gasteiger partial charge in [0.25, 0.3) is 0 Å². The van der Waals surface area contributed by atoms with E-state index in [1.54, 1.807) is 11.1 Å². The van der Waals surface area contributed by atoms with Gasteiger partial charge in [0.2, 0.25) is 0 Å². The Hall–Kier alpha value is -1.67. The molecule has 0 radical (unpaired) electrons. The highest BCUT2D eigenvalue weighted by Gasteiger charge is 2.21. The molecule has 0 aliphatic rings. The Kier molecular flexibility index (Phi) is 11.0. The first kappa shape index (κ1) is 20.3. The topological polar surface area (TPSA) is 50.8 Å². The van der Waals surface area contributed by atoms with Crippen molar-refractivity contribution in [1.29, 1.82) is 0 Å². The van der Waals surface area contributed by atoms with Crippen LogP contribution in [0.2, 0.25) is 0 Å². The largest absolute Gasteiger partial charge is 0.444 e. The molecule has 0 aromatic rings. The van der Waals surface area contributed by atoms with Gasteiger partial charge in [-0.15, -0.1) is 12.3 Å². The molecule has 0 heterocycles. The highest BCUT2D eigenvalue weighted by Crippen LogP contribution is 2.11. The van der Waals surface area contributed by atoms with E-state index in [4.69, 9.17) is 15.9 Å². The molecule has 0 aromatic carbocycles. The minimum atomic E-state index is -0.492. The molecule has 0 aliphatic carbocycles. The van der Waals surface area contributed by atoms with Crippen LogP contribution in [0.3, 0.4) is 0 Å². The third-order valence-electron chi connectivity index (χ3n) is 2.65. The minimum Gasteiger partial charge on any atom is -0.444 e. The Labute approximate surface area is 135 Å². The summed E-state index contributed by atoms with van der Waals surface area (Å²) in [6.45, 7) is 12.3. The van der Waals surface area contributed by atoms with Gasteiger partial charge in [0, 0.05) is 32.7 Å². The molecule has 0 fully saturated rings. The average Bonchev–Trinajstić information content (AvgIpc) is 2.42. The van der Waals surface area contributed by atoms with E-state index >= 15 is 0 Å². The van der Waals surface area contributed by atoms with Crippen LogP contribution in [0.4, 0.5) is 4.79 Å². The first-order chi connectivity index (χ1) is 10.4. The minimum absolute atomic E-state index is 0.294. The fourth-order valence-corrected chi connectivity index (χ4v) is 1.69. The zero-order valence-electron chi connectivity index (χ0n) is 14.2. The molecule has 126 valence electrons. The van der Waals surface area contributed by atoms with Crippen molar-refractivity contribution in [2.24, 2.45) is 0 Å². The molecule has 5 nitrogen and oxygen atoms in total. The second kappa shape index (κ2) is 11.9. The van der Waals surface area contributed by atoms with Gasteiger partial charge in [-0.1, -0.05) is 6.58 Å². The Morgan fingerprint density at radius 1 is 1.32 bits per heavy atom. The van der Waals surface area contributed by atoms with Crippen LogP contribution in [0.5, 0.6) is 0 Å². The van der Waals surface area contributed by atoms with Gasteiger partial charge in [-0.05, 0) is 39.8 Å².